The van der Waals surface area contributed by atoms with E-state index < -0.39 is 17.9 Å². The van der Waals surface area contributed by atoms with Crippen molar-refractivity contribution in [1.82, 2.24) is 15.1 Å². The van der Waals surface area contributed by atoms with Gasteiger partial charge in [0.25, 0.3) is 5.56 Å². The summed E-state index contributed by atoms with van der Waals surface area (Å²) in [4.78, 5) is 36.1. The van der Waals surface area contributed by atoms with E-state index >= 15 is 0 Å². The predicted molar refractivity (Wildman–Crippen MR) is 84.8 cm³/mol. The Bertz CT molecular complexity index is 782. The van der Waals surface area contributed by atoms with Gasteiger partial charge in [-0.1, -0.05) is 32.0 Å². The largest absolute Gasteiger partial charge is 0.467 e. The predicted octanol–water partition coefficient (Wildman–Crippen LogP) is 0.710. The van der Waals surface area contributed by atoms with Gasteiger partial charge in [0.15, 0.2) is 0 Å². The lowest BCUT2D eigenvalue weighted by Gasteiger charge is -2.19. The van der Waals surface area contributed by atoms with Crippen LogP contribution >= 0.6 is 0 Å². The molecule has 1 atom stereocenters. The second-order valence-electron chi connectivity index (χ2n) is 5.51. The average molecular weight is 317 g/mol. The molecule has 0 saturated heterocycles. The standard InChI is InChI=1S/C16H19N3O4/c1-10(2)14(16(22)23-3)18-13(20)9-19-15(21)12-7-5-4-6-11(12)8-17-19/h4-8,10,14H,9H2,1-3H3,(H,18,20)/t14-/m1/s1. The molecule has 0 radical (unpaired) electrons. The summed E-state index contributed by atoms with van der Waals surface area (Å²) in [5.74, 6) is -1.13. The number of esters is 1. The van der Waals surface area contributed by atoms with Crippen molar-refractivity contribution < 1.29 is 14.3 Å². The Morgan fingerprint density at radius 1 is 1.30 bits per heavy atom. The molecule has 0 aliphatic carbocycles. The molecule has 122 valence electrons. The number of carbonyl (C=O) groups is 2. The van der Waals surface area contributed by atoms with E-state index in [9.17, 15) is 14.4 Å². The SMILES string of the molecule is COC(=O)[C@H](NC(=O)Cn1ncc2ccccc2c1=O)C(C)C. The zero-order valence-corrected chi connectivity index (χ0v) is 13.3. The van der Waals surface area contributed by atoms with Crippen LogP contribution in [0.5, 0.6) is 0 Å². The number of fused-ring (bicyclic) bond motifs is 1. The fraction of sp³-hybridized carbons (Fsp3) is 0.375. The second kappa shape index (κ2) is 7.04. The van der Waals surface area contributed by atoms with Gasteiger partial charge in [-0.15, -0.1) is 0 Å². The van der Waals surface area contributed by atoms with Gasteiger partial charge >= 0.3 is 5.97 Å². The fourth-order valence-corrected chi connectivity index (χ4v) is 2.22. The van der Waals surface area contributed by atoms with Gasteiger partial charge in [0.05, 0.1) is 18.7 Å². The number of ether oxygens (including phenoxy) is 1. The van der Waals surface area contributed by atoms with Crippen LogP contribution in [0.4, 0.5) is 0 Å². The van der Waals surface area contributed by atoms with Crippen LogP contribution in [0.2, 0.25) is 0 Å². The lowest BCUT2D eigenvalue weighted by Crippen LogP contribution is -2.47. The summed E-state index contributed by atoms with van der Waals surface area (Å²) >= 11 is 0. The molecular weight excluding hydrogens is 298 g/mol. The molecule has 0 fully saturated rings. The molecule has 1 aromatic carbocycles. The number of nitrogens with zero attached hydrogens (tertiary/aromatic N) is 2. The zero-order chi connectivity index (χ0) is 17.0. The molecule has 1 aromatic heterocycles. The number of amides is 1. The van der Waals surface area contributed by atoms with E-state index in [1.807, 2.05) is 6.07 Å². The van der Waals surface area contributed by atoms with Gasteiger partial charge in [-0.05, 0) is 12.0 Å². The van der Waals surface area contributed by atoms with Crippen molar-refractivity contribution in [3.05, 3.63) is 40.8 Å². The number of hydrogen-bond donors (Lipinski definition) is 1. The van der Waals surface area contributed by atoms with E-state index in [1.165, 1.54) is 13.3 Å². The van der Waals surface area contributed by atoms with E-state index in [-0.39, 0.29) is 18.0 Å². The van der Waals surface area contributed by atoms with Crippen LogP contribution in [0.15, 0.2) is 35.3 Å². The summed E-state index contributed by atoms with van der Waals surface area (Å²) in [5, 5.41) is 7.77. The molecule has 2 aromatic rings. The van der Waals surface area contributed by atoms with E-state index in [1.54, 1.807) is 32.0 Å². The Labute approximate surface area is 133 Å². The van der Waals surface area contributed by atoms with E-state index in [4.69, 9.17) is 0 Å². The van der Waals surface area contributed by atoms with Crippen LogP contribution in [-0.4, -0.2) is 34.8 Å². The smallest absolute Gasteiger partial charge is 0.328 e. The van der Waals surface area contributed by atoms with Crippen LogP contribution in [-0.2, 0) is 20.9 Å². The van der Waals surface area contributed by atoms with Crippen LogP contribution in [0, 0.1) is 5.92 Å². The quantitative estimate of drug-likeness (QED) is 0.820. The highest BCUT2D eigenvalue weighted by Crippen LogP contribution is 2.07. The molecule has 0 aliphatic heterocycles. The first-order valence-electron chi connectivity index (χ1n) is 7.26. The minimum absolute atomic E-state index is 0.132. The normalized spacial score (nSPS) is 12.2. The second-order valence-corrected chi connectivity index (χ2v) is 5.51. The van der Waals surface area contributed by atoms with Gasteiger partial charge in [0, 0.05) is 5.39 Å². The Hall–Kier alpha value is -2.70. The molecule has 23 heavy (non-hydrogen) atoms. The topological polar surface area (TPSA) is 90.3 Å². The fourth-order valence-electron chi connectivity index (χ4n) is 2.22. The molecule has 0 bridgehead atoms. The van der Waals surface area contributed by atoms with Crippen molar-refractivity contribution in [2.45, 2.75) is 26.4 Å². The molecule has 1 N–H and O–H groups in total. The molecule has 0 unspecified atom stereocenters. The molecule has 1 amide bonds. The van der Waals surface area contributed by atoms with Gasteiger partial charge in [-0.3, -0.25) is 9.59 Å². The van der Waals surface area contributed by atoms with E-state index in [0.717, 1.165) is 4.68 Å². The van der Waals surface area contributed by atoms with Crippen molar-refractivity contribution in [3.8, 4) is 0 Å². The van der Waals surface area contributed by atoms with Crippen LogP contribution in [0.3, 0.4) is 0 Å². The molecule has 0 spiro atoms. The summed E-state index contributed by atoms with van der Waals surface area (Å²) in [6, 6.07) is 6.26. The summed E-state index contributed by atoms with van der Waals surface area (Å²) < 4.78 is 5.74. The zero-order valence-electron chi connectivity index (χ0n) is 13.3. The maximum absolute atomic E-state index is 12.3. The highest BCUT2D eigenvalue weighted by Gasteiger charge is 2.25. The van der Waals surface area contributed by atoms with Crippen LogP contribution in [0.1, 0.15) is 13.8 Å². The van der Waals surface area contributed by atoms with Crippen molar-refractivity contribution in [3.63, 3.8) is 0 Å². The Morgan fingerprint density at radius 3 is 2.65 bits per heavy atom. The molecule has 1 heterocycles. The molecule has 2 rings (SSSR count). The summed E-state index contributed by atoms with van der Waals surface area (Å²) in [7, 11) is 1.26. The summed E-state index contributed by atoms with van der Waals surface area (Å²) in [6.45, 7) is 3.33. The minimum Gasteiger partial charge on any atom is -0.467 e. The third kappa shape index (κ3) is 3.74. The van der Waals surface area contributed by atoms with Gasteiger partial charge in [-0.25, -0.2) is 9.48 Å². The molecule has 0 saturated carbocycles. The highest BCUT2D eigenvalue weighted by molar-refractivity contribution is 5.85. The lowest BCUT2D eigenvalue weighted by atomic mass is 10.0. The van der Waals surface area contributed by atoms with Gasteiger partial charge < -0.3 is 10.1 Å². The van der Waals surface area contributed by atoms with Crippen LogP contribution < -0.4 is 10.9 Å². The first kappa shape index (κ1) is 16.7. The summed E-state index contributed by atoms with van der Waals surface area (Å²) in [5.41, 5.74) is -0.350. The lowest BCUT2D eigenvalue weighted by molar-refractivity contribution is -0.146. The number of nitrogens with one attached hydrogen (secondary N) is 1. The number of methoxy groups -OCH3 is 1. The number of hydrogen-bond acceptors (Lipinski definition) is 5. The third-order valence-corrected chi connectivity index (χ3v) is 3.49. The monoisotopic (exact) mass is 317 g/mol. The van der Waals surface area contributed by atoms with E-state index in [0.29, 0.717) is 10.8 Å². The van der Waals surface area contributed by atoms with Crippen molar-refractivity contribution >= 4 is 22.6 Å². The van der Waals surface area contributed by atoms with E-state index in [2.05, 4.69) is 15.2 Å². The Morgan fingerprint density at radius 2 is 2.00 bits per heavy atom. The first-order valence-corrected chi connectivity index (χ1v) is 7.26. The molecular formula is C16H19N3O4. The number of benzene rings is 1. The number of rotatable bonds is 5. The maximum atomic E-state index is 12.3. The minimum atomic E-state index is -0.761. The molecule has 0 aliphatic rings. The van der Waals surface area contributed by atoms with Crippen molar-refractivity contribution in [1.29, 1.82) is 0 Å². The maximum Gasteiger partial charge on any atom is 0.328 e. The Kier molecular flexibility index (Phi) is 5.10. The van der Waals surface area contributed by atoms with Crippen LogP contribution in [0.25, 0.3) is 10.8 Å². The highest BCUT2D eigenvalue weighted by atomic mass is 16.5. The first-order chi connectivity index (χ1) is 10.9. The van der Waals surface area contributed by atoms with Gasteiger partial charge in [0.1, 0.15) is 12.6 Å². The van der Waals surface area contributed by atoms with Gasteiger partial charge in [-0.2, -0.15) is 5.10 Å². The van der Waals surface area contributed by atoms with Gasteiger partial charge in [0.2, 0.25) is 5.91 Å². The molecule has 7 heteroatoms. The molecule has 7 nitrogen and oxygen atoms in total. The van der Waals surface area contributed by atoms with Crippen molar-refractivity contribution in [2.24, 2.45) is 5.92 Å². The summed E-state index contributed by atoms with van der Waals surface area (Å²) in [6.07, 6.45) is 1.53. The third-order valence-electron chi connectivity index (χ3n) is 3.49. The number of aromatic nitrogens is 2. The average Bonchev–Trinajstić information content (AvgIpc) is 2.54. The van der Waals surface area contributed by atoms with Crippen molar-refractivity contribution in [2.75, 3.05) is 7.11 Å². The number of carbonyl (C=O) groups excluding carboxylic acids is 2. The Balaban J connectivity index is 2.19.